The first-order chi connectivity index (χ1) is 22.4. The van der Waals surface area contributed by atoms with Crippen molar-refractivity contribution in [3.63, 3.8) is 0 Å². The van der Waals surface area contributed by atoms with Crippen LogP contribution >= 0.6 is 0 Å². The zero-order chi connectivity index (χ0) is 32.0. The third kappa shape index (κ3) is 6.83. The monoisotopic (exact) mass is 615 g/mol. The van der Waals surface area contributed by atoms with Crippen LogP contribution in [0.5, 0.6) is 23.1 Å². The molecular formula is C35H33N7O4. The van der Waals surface area contributed by atoms with Crippen LogP contribution in [0.1, 0.15) is 31.0 Å². The largest absolute Gasteiger partial charge is 0.508 e. The number of aromatic nitrogens is 4. The second-order valence-electron chi connectivity index (χ2n) is 10.8. The minimum atomic E-state index is -0.405. The number of hydrogen-bond acceptors (Lipinski definition) is 8. The van der Waals surface area contributed by atoms with Gasteiger partial charge in [-0.2, -0.15) is 10.1 Å². The van der Waals surface area contributed by atoms with Crippen molar-refractivity contribution < 1.29 is 19.7 Å². The normalized spacial score (nSPS) is 10.9. The Morgan fingerprint density at radius 3 is 2.46 bits per heavy atom. The van der Waals surface area contributed by atoms with E-state index in [1.165, 1.54) is 24.4 Å². The molecule has 0 aliphatic rings. The van der Waals surface area contributed by atoms with Gasteiger partial charge in [-0.15, -0.1) is 0 Å². The molecule has 0 fully saturated rings. The van der Waals surface area contributed by atoms with Crippen LogP contribution < -0.4 is 20.7 Å². The number of nitrogens with zero attached hydrogens (tertiary/aromatic N) is 4. The van der Waals surface area contributed by atoms with Gasteiger partial charge in [0.1, 0.15) is 23.1 Å². The number of fused-ring (bicyclic) bond motifs is 1. The number of amides is 2. The molecule has 0 saturated heterocycles. The fourth-order valence-electron chi connectivity index (χ4n) is 4.94. The molecule has 0 bridgehead atoms. The SMILES string of the molecule is CCCCc1cc(NC(=O)Nc2ccc(Oc3ccnc(Nc4ccc(O)cc4O)n3)c3ccccc23)n(-c2ccc(C)cc2)n1. The van der Waals surface area contributed by atoms with Crippen LogP contribution in [0, 0.1) is 6.92 Å². The Morgan fingerprint density at radius 2 is 1.67 bits per heavy atom. The molecule has 232 valence electrons. The number of urea groups is 1. The zero-order valence-corrected chi connectivity index (χ0v) is 25.4. The molecule has 6 aromatic rings. The Balaban J connectivity index is 1.21. The zero-order valence-electron chi connectivity index (χ0n) is 25.4. The molecule has 0 atom stereocenters. The van der Waals surface area contributed by atoms with Gasteiger partial charge in [0.25, 0.3) is 0 Å². The lowest BCUT2D eigenvalue weighted by Crippen LogP contribution is -2.21. The highest BCUT2D eigenvalue weighted by Crippen LogP contribution is 2.35. The van der Waals surface area contributed by atoms with E-state index in [1.807, 2.05) is 61.5 Å². The van der Waals surface area contributed by atoms with Gasteiger partial charge < -0.3 is 25.6 Å². The van der Waals surface area contributed by atoms with Gasteiger partial charge in [0, 0.05) is 35.2 Å². The van der Waals surface area contributed by atoms with Crippen molar-refractivity contribution in [2.24, 2.45) is 0 Å². The molecule has 2 aromatic heterocycles. The van der Waals surface area contributed by atoms with Crippen molar-refractivity contribution >= 4 is 39.9 Å². The van der Waals surface area contributed by atoms with E-state index in [-0.39, 0.29) is 23.3 Å². The number of unbranched alkanes of at least 4 members (excludes halogenated alkanes) is 1. The highest BCUT2D eigenvalue weighted by molar-refractivity contribution is 6.07. The van der Waals surface area contributed by atoms with E-state index in [0.29, 0.717) is 22.9 Å². The number of carbonyl (C=O) groups excluding carboxylic acids is 1. The van der Waals surface area contributed by atoms with E-state index >= 15 is 0 Å². The Bertz CT molecular complexity index is 2010. The molecular weight excluding hydrogens is 582 g/mol. The fourth-order valence-corrected chi connectivity index (χ4v) is 4.94. The van der Waals surface area contributed by atoms with Crippen molar-refractivity contribution in [2.45, 2.75) is 33.1 Å². The molecule has 5 N–H and O–H groups in total. The van der Waals surface area contributed by atoms with E-state index < -0.39 is 6.03 Å². The topological polar surface area (TPSA) is 146 Å². The van der Waals surface area contributed by atoms with Crippen LogP contribution in [-0.2, 0) is 6.42 Å². The van der Waals surface area contributed by atoms with E-state index in [0.717, 1.165) is 47.0 Å². The Morgan fingerprint density at radius 1 is 0.891 bits per heavy atom. The van der Waals surface area contributed by atoms with E-state index in [4.69, 9.17) is 9.84 Å². The van der Waals surface area contributed by atoms with Gasteiger partial charge in [0.15, 0.2) is 0 Å². The number of benzene rings is 4. The highest BCUT2D eigenvalue weighted by atomic mass is 16.5. The molecule has 4 aromatic carbocycles. The summed E-state index contributed by atoms with van der Waals surface area (Å²) in [5, 5.41) is 34.8. The van der Waals surface area contributed by atoms with Gasteiger partial charge in [-0.05, 0) is 56.2 Å². The van der Waals surface area contributed by atoms with Gasteiger partial charge in [0.05, 0.1) is 22.8 Å². The predicted molar refractivity (Wildman–Crippen MR) is 179 cm³/mol. The minimum absolute atomic E-state index is 0.0613. The van der Waals surface area contributed by atoms with Crippen molar-refractivity contribution in [1.82, 2.24) is 19.7 Å². The number of aryl methyl sites for hydroxylation is 2. The number of rotatable bonds is 10. The van der Waals surface area contributed by atoms with Gasteiger partial charge in [-0.1, -0.05) is 55.3 Å². The van der Waals surface area contributed by atoms with Crippen LogP contribution in [-0.4, -0.2) is 36.0 Å². The molecule has 11 heteroatoms. The van der Waals surface area contributed by atoms with Gasteiger partial charge in [-0.3, -0.25) is 5.32 Å². The molecule has 46 heavy (non-hydrogen) atoms. The standard InChI is InChI=1S/C35H33N7O4/c1-3-4-7-23-20-32(42(41-23)24-12-10-22(2)11-13-24)39-35(45)38-28-16-17-31(27-9-6-5-8-26(27)28)46-33-18-19-36-34(40-33)37-29-15-14-25(43)21-30(29)44/h5-6,8-21,43-44H,3-4,7H2,1-2H3,(H,36,37,40)(H2,38,39,45). The maximum Gasteiger partial charge on any atom is 0.324 e. The van der Waals surface area contributed by atoms with Gasteiger partial charge in [-0.25, -0.2) is 14.5 Å². The molecule has 2 heterocycles. The van der Waals surface area contributed by atoms with Crippen LogP contribution in [0.3, 0.4) is 0 Å². The number of ether oxygens (including phenoxy) is 1. The summed E-state index contributed by atoms with van der Waals surface area (Å²) in [6.07, 6.45) is 4.40. The molecule has 0 aliphatic carbocycles. The van der Waals surface area contributed by atoms with Crippen molar-refractivity contribution in [1.29, 1.82) is 0 Å². The fraction of sp³-hybridized carbons (Fsp3) is 0.143. The van der Waals surface area contributed by atoms with Gasteiger partial charge in [0.2, 0.25) is 11.8 Å². The summed E-state index contributed by atoms with van der Waals surface area (Å²) in [5.74, 6) is 1.35. The number of phenols is 2. The number of phenolic OH excluding ortho intramolecular Hbond substituents is 2. The lowest BCUT2D eigenvalue weighted by atomic mass is 10.1. The van der Waals surface area contributed by atoms with Crippen LogP contribution in [0.4, 0.5) is 27.9 Å². The van der Waals surface area contributed by atoms with Crippen molar-refractivity contribution in [3.8, 4) is 28.8 Å². The number of nitrogens with one attached hydrogen (secondary N) is 3. The first-order valence-corrected chi connectivity index (χ1v) is 14.9. The lowest BCUT2D eigenvalue weighted by Gasteiger charge is -2.14. The van der Waals surface area contributed by atoms with E-state index in [2.05, 4.69) is 32.8 Å². The second-order valence-corrected chi connectivity index (χ2v) is 10.8. The third-order valence-electron chi connectivity index (χ3n) is 7.27. The summed E-state index contributed by atoms with van der Waals surface area (Å²) in [5.41, 5.74) is 3.83. The summed E-state index contributed by atoms with van der Waals surface area (Å²) in [6.45, 7) is 4.17. The Labute approximate surface area is 265 Å². The highest BCUT2D eigenvalue weighted by Gasteiger charge is 2.15. The maximum absolute atomic E-state index is 13.3. The summed E-state index contributed by atoms with van der Waals surface area (Å²) >= 11 is 0. The minimum Gasteiger partial charge on any atom is -0.508 e. The Hall–Kier alpha value is -6.10. The van der Waals surface area contributed by atoms with Crippen molar-refractivity contribution in [2.75, 3.05) is 16.0 Å². The van der Waals surface area contributed by atoms with E-state index in [1.54, 1.807) is 22.9 Å². The van der Waals surface area contributed by atoms with Crippen LogP contribution in [0.25, 0.3) is 16.5 Å². The molecule has 0 saturated carbocycles. The summed E-state index contributed by atoms with van der Waals surface area (Å²) < 4.78 is 7.91. The predicted octanol–water partition coefficient (Wildman–Crippen LogP) is 8.06. The first-order valence-electron chi connectivity index (χ1n) is 14.9. The quantitative estimate of drug-likeness (QED) is 0.0768. The van der Waals surface area contributed by atoms with Crippen LogP contribution in [0.15, 0.2) is 97.2 Å². The smallest absolute Gasteiger partial charge is 0.324 e. The molecule has 2 amide bonds. The molecule has 0 radical (unpaired) electrons. The number of hydrogen-bond donors (Lipinski definition) is 5. The summed E-state index contributed by atoms with van der Waals surface area (Å²) in [7, 11) is 0. The molecule has 11 nitrogen and oxygen atoms in total. The summed E-state index contributed by atoms with van der Waals surface area (Å²) in [4.78, 5) is 21.9. The average molecular weight is 616 g/mol. The van der Waals surface area contributed by atoms with Crippen LogP contribution in [0.2, 0.25) is 0 Å². The number of carbonyl (C=O) groups is 1. The lowest BCUT2D eigenvalue weighted by molar-refractivity contribution is 0.262. The Kier molecular flexibility index (Phi) is 8.64. The maximum atomic E-state index is 13.3. The molecule has 0 spiro atoms. The van der Waals surface area contributed by atoms with Crippen molar-refractivity contribution in [3.05, 3.63) is 108 Å². The number of aromatic hydroxyl groups is 2. The summed E-state index contributed by atoms with van der Waals surface area (Å²) in [6, 6.07) is 26.4. The average Bonchev–Trinajstić information content (AvgIpc) is 3.45. The van der Waals surface area contributed by atoms with E-state index in [9.17, 15) is 15.0 Å². The number of anilines is 4. The molecule has 6 rings (SSSR count). The molecule has 0 unspecified atom stereocenters. The second kappa shape index (κ2) is 13.3. The molecule has 0 aliphatic heterocycles. The first kappa shape index (κ1) is 29.9. The third-order valence-corrected chi connectivity index (χ3v) is 7.27. The van der Waals surface area contributed by atoms with Gasteiger partial charge >= 0.3 is 6.03 Å².